The van der Waals surface area contributed by atoms with Crippen LogP contribution in [0.4, 0.5) is 0 Å². The van der Waals surface area contributed by atoms with Gasteiger partial charge in [0.1, 0.15) is 35.0 Å². The molecular weight excluding hydrogens is 686 g/mol. The second-order valence-corrected chi connectivity index (χ2v) is 14.7. The molecule has 4 rings (SSSR count). The summed E-state index contributed by atoms with van der Waals surface area (Å²) in [7, 11) is 0. The first kappa shape index (κ1) is 40.2. The zero-order valence-corrected chi connectivity index (χ0v) is 30.9. The molecule has 0 saturated carbocycles. The van der Waals surface area contributed by atoms with E-state index in [1.54, 1.807) is 13.8 Å². The first-order valence-electron chi connectivity index (χ1n) is 17.7. The SMILES string of the molecule is CC(C)[C@H](NC(=O)[C@H]1CCCN1C(=O)[C@@H](NC(=O)CCCCC(C)(C)NC(=O)c1ccc(O)cn1)C(C)C)C(=O)c1nnc(-c2cc(O)cc(O)c2)o1. The van der Waals surface area contributed by atoms with E-state index in [0.29, 0.717) is 38.6 Å². The highest BCUT2D eigenvalue weighted by atomic mass is 16.4. The number of unbranched alkanes of at least 4 members (excludes halogenated alkanes) is 1. The van der Waals surface area contributed by atoms with E-state index in [1.807, 2.05) is 27.7 Å². The predicted molar refractivity (Wildman–Crippen MR) is 192 cm³/mol. The molecule has 0 radical (unpaired) electrons. The van der Waals surface area contributed by atoms with Crippen LogP contribution < -0.4 is 16.0 Å². The molecule has 1 aliphatic heterocycles. The number of aromatic hydroxyl groups is 3. The van der Waals surface area contributed by atoms with Crippen LogP contribution in [0.15, 0.2) is 40.9 Å². The molecule has 2 aromatic heterocycles. The Kier molecular flexibility index (Phi) is 13.1. The van der Waals surface area contributed by atoms with Crippen molar-refractivity contribution in [2.45, 2.75) is 104 Å². The van der Waals surface area contributed by atoms with E-state index in [-0.39, 0.29) is 70.3 Å². The third kappa shape index (κ3) is 10.7. The van der Waals surface area contributed by atoms with Gasteiger partial charge in [0, 0.05) is 30.1 Å². The lowest BCUT2D eigenvalue weighted by Gasteiger charge is -2.31. The smallest absolute Gasteiger partial charge is 0.286 e. The van der Waals surface area contributed by atoms with Gasteiger partial charge in [0.25, 0.3) is 11.8 Å². The minimum absolute atomic E-state index is 0.0380. The van der Waals surface area contributed by atoms with Crippen molar-refractivity contribution in [2.24, 2.45) is 11.8 Å². The molecule has 3 atom stereocenters. The van der Waals surface area contributed by atoms with Crippen molar-refractivity contribution in [1.29, 1.82) is 0 Å². The number of amides is 4. The number of hydrogen-bond donors (Lipinski definition) is 6. The fourth-order valence-corrected chi connectivity index (χ4v) is 6.12. The highest BCUT2D eigenvalue weighted by molar-refractivity contribution is 6.00. The number of pyridine rings is 1. The van der Waals surface area contributed by atoms with Crippen LogP contribution in [0.25, 0.3) is 11.5 Å². The highest BCUT2D eigenvalue weighted by Crippen LogP contribution is 2.28. The lowest BCUT2D eigenvalue weighted by molar-refractivity contribution is -0.142. The Balaban J connectivity index is 1.32. The lowest BCUT2D eigenvalue weighted by Crippen LogP contribution is -2.57. The summed E-state index contributed by atoms with van der Waals surface area (Å²) in [5.74, 6) is -3.89. The third-order valence-corrected chi connectivity index (χ3v) is 9.01. The Hall–Kier alpha value is -5.54. The molecule has 0 aliphatic carbocycles. The number of ketones is 1. The third-order valence-electron chi connectivity index (χ3n) is 9.01. The Morgan fingerprint density at radius 2 is 1.58 bits per heavy atom. The minimum atomic E-state index is -1.06. The number of phenols is 2. The fraction of sp³-hybridized carbons (Fsp3) is 0.514. The normalized spacial score (nSPS) is 15.6. The number of aromatic nitrogens is 3. The number of rotatable bonds is 16. The number of phenolic OH excluding ortho intramolecular Hbond substituents is 2. The Morgan fingerprint density at radius 3 is 2.21 bits per heavy atom. The monoisotopic (exact) mass is 735 g/mol. The maximum Gasteiger partial charge on any atom is 0.286 e. The summed E-state index contributed by atoms with van der Waals surface area (Å²) >= 11 is 0. The van der Waals surface area contributed by atoms with Crippen LogP contribution in [0.5, 0.6) is 17.2 Å². The summed E-state index contributed by atoms with van der Waals surface area (Å²) in [5.41, 5.74) is -0.209. The predicted octanol–water partition coefficient (Wildman–Crippen LogP) is 3.47. The lowest BCUT2D eigenvalue weighted by atomic mass is 9.96. The Morgan fingerprint density at radius 1 is 0.906 bits per heavy atom. The number of carbonyl (C=O) groups excluding carboxylic acids is 5. The van der Waals surface area contributed by atoms with E-state index in [0.717, 1.165) is 6.07 Å². The number of likely N-dealkylation sites (tertiary alicyclic amines) is 1. The van der Waals surface area contributed by atoms with Gasteiger partial charge >= 0.3 is 0 Å². The average Bonchev–Trinajstić information content (AvgIpc) is 3.78. The van der Waals surface area contributed by atoms with Crippen LogP contribution in [0.3, 0.4) is 0 Å². The Bertz CT molecular complexity index is 1770. The zero-order chi connectivity index (χ0) is 39.0. The maximum absolute atomic E-state index is 13.8. The molecule has 0 spiro atoms. The van der Waals surface area contributed by atoms with Gasteiger partial charge in [-0.3, -0.25) is 24.0 Å². The molecular formula is C37H49N7O9. The fourth-order valence-electron chi connectivity index (χ4n) is 6.12. The highest BCUT2D eigenvalue weighted by Gasteiger charge is 2.40. The molecule has 6 N–H and O–H groups in total. The van der Waals surface area contributed by atoms with Crippen LogP contribution in [0.1, 0.15) is 101 Å². The molecule has 1 aliphatic rings. The molecule has 1 aromatic carbocycles. The van der Waals surface area contributed by atoms with Crippen molar-refractivity contribution < 1.29 is 43.7 Å². The molecule has 53 heavy (non-hydrogen) atoms. The topological polar surface area (TPSA) is 237 Å². The van der Waals surface area contributed by atoms with Gasteiger partial charge < -0.3 is 40.6 Å². The van der Waals surface area contributed by atoms with Crippen molar-refractivity contribution in [3.05, 3.63) is 48.1 Å². The molecule has 3 heterocycles. The zero-order valence-electron chi connectivity index (χ0n) is 30.9. The van der Waals surface area contributed by atoms with Gasteiger partial charge in [-0.2, -0.15) is 0 Å². The van der Waals surface area contributed by atoms with Crippen molar-refractivity contribution in [3.8, 4) is 28.7 Å². The van der Waals surface area contributed by atoms with E-state index in [2.05, 4.69) is 31.1 Å². The van der Waals surface area contributed by atoms with Gasteiger partial charge in [-0.15, -0.1) is 10.2 Å². The van der Waals surface area contributed by atoms with Gasteiger partial charge in [-0.25, -0.2) is 4.98 Å². The number of nitrogens with zero attached hydrogens (tertiary/aromatic N) is 4. The number of nitrogens with one attached hydrogen (secondary N) is 3. The van der Waals surface area contributed by atoms with Crippen molar-refractivity contribution in [1.82, 2.24) is 36.0 Å². The van der Waals surface area contributed by atoms with Gasteiger partial charge in [0.15, 0.2) is 0 Å². The standard InChI is InChI=1S/C37H49N7O9/c1-20(2)29(31(49)35-43-42-34(53-35)22-16-24(46)18-25(47)17-22)40-33(51)27-10-9-15-44(27)36(52)30(21(3)4)39-28(48)11-7-8-14-37(5,6)41-32(50)26-13-12-23(45)19-38-26/h12-13,16-21,27,29-30,45-47H,7-11,14-15H2,1-6H3,(H,39,48)(H,40,51)(H,41,50)/t27-,29+,30+/m1/s1. The summed E-state index contributed by atoms with van der Waals surface area (Å²) in [4.78, 5) is 71.9. The van der Waals surface area contributed by atoms with E-state index in [4.69, 9.17) is 4.42 Å². The summed E-state index contributed by atoms with van der Waals surface area (Å²) in [6, 6.07) is 3.71. The Labute approximate surface area is 307 Å². The number of hydrogen-bond acceptors (Lipinski definition) is 12. The van der Waals surface area contributed by atoms with Gasteiger partial charge in [-0.05, 0) is 75.6 Å². The number of benzene rings is 1. The molecule has 1 saturated heterocycles. The largest absolute Gasteiger partial charge is 0.508 e. The van der Waals surface area contributed by atoms with Gasteiger partial charge in [0.05, 0.1) is 12.2 Å². The van der Waals surface area contributed by atoms with Crippen LogP contribution in [-0.2, 0) is 14.4 Å². The summed E-state index contributed by atoms with van der Waals surface area (Å²) < 4.78 is 5.54. The van der Waals surface area contributed by atoms with E-state index in [1.165, 1.54) is 35.4 Å². The van der Waals surface area contributed by atoms with Gasteiger partial charge in [0.2, 0.25) is 29.4 Å². The molecule has 16 heteroatoms. The van der Waals surface area contributed by atoms with Crippen LogP contribution in [0.2, 0.25) is 0 Å². The van der Waals surface area contributed by atoms with E-state index >= 15 is 0 Å². The second kappa shape index (κ2) is 17.3. The molecule has 4 amide bonds. The molecule has 0 bridgehead atoms. The summed E-state index contributed by atoms with van der Waals surface area (Å²) in [6.07, 6.45) is 4.00. The second-order valence-electron chi connectivity index (χ2n) is 14.7. The quantitative estimate of drug-likeness (QED) is 0.0916. The summed E-state index contributed by atoms with van der Waals surface area (Å²) in [6.45, 7) is 11.1. The van der Waals surface area contributed by atoms with Crippen LogP contribution in [-0.4, -0.2) is 95.0 Å². The molecule has 16 nitrogen and oxygen atoms in total. The first-order valence-corrected chi connectivity index (χ1v) is 17.7. The molecule has 3 aromatic rings. The number of carbonyl (C=O) groups is 5. The first-order chi connectivity index (χ1) is 25.0. The van der Waals surface area contributed by atoms with Crippen molar-refractivity contribution >= 4 is 29.4 Å². The van der Waals surface area contributed by atoms with E-state index < -0.39 is 41.3 Å². The molecule has 0 unspecified atom stereocenters. The summed E-state index contributed by atoms with van der Waals surface area (Å²) in [5, 5.41) is 45.2. The average molecular weight is 736 g/mol. The van der Waals surface area contributed by atoms with Crippen LogP contribution >= 0.6 is 0 Å². The van der Waals surface area contributed by atoms with Crippen molar-refractivity contribution in [3.63, 3.8) is 0 Å². The molecule has 1 fully saturated rings. The minimum Gasteiger partial charge on any atom is -0.508 e. The molecule has 286 valence electrons. The number of Topliss-reactive ketones (excluding diaryl/α,β-unsaturated/α-hetero) is 1. The maximum atomic E-state index is 13.8. The van der Waals surface area contributed by atoms with Gasteiger partial charge in [-0.1, -0.05) is 34.1 Å². The van der Waals surface area contributed by atoms with Crippen molar-refractivity contribution in [2.75, 3.05) is 6.54 Å². The van der Waals surface area contributed by atoms with E-state index in [9.17, 15) is 39.3 Å². The van der Waals surface area contributed by atoms with Crippen LogP contribution in [0, 0.1) is 11.8 Å².